The number of aromatic nitrogens is 2. The number of likely N-dealkylation sites (tertiary alicyclic amines) is 1. The minimum absolute atomic E-state index is 0.665. The van der Waals surface area contributed by atoms with E-state index in [9.17, 15) is 0 Å². The van der Waals surface area contributed by atoms with Crippen molar-refractivity contribution < 1.29 is 4.74 Å². The lowest BCUT2D eigenvalue weighted by molar-refractivity contribution is 0.148. The topological polar surface area (TPSA) is 41.5 Å². The molecule has 1 saturated carbocycles. The van der Waals surface area contributed by atoms with Crippen molar-refractivity contribution in [3.63, 3.8) is 0 Å². The molecule has 3 heterocycles. The van der Waals surface area contributed by atoms with E-state index in [0.29, 0.717) is 5.88 Å². The zero-order valence-electron chi connectivity index (χ0n) is 14.2. The van der Waals surface area contributed by atoms with E-state index in [-0.39, 0.29) is 0 Å². The maximum atomic E-state index is 5.26. The Morgan fingerprint density at radius 2 is 2.00 bits per heavy atom. The Morgan fingerprint density at radius 3 is 2.83 bits per heavy atom. The van der Waals surface area contributed by atoms with E-state index in [1.165, 1.54) is 51.7 Å². The first kappa shape index (κ1) is 15.2. The van der Waals surface area contributed by atoms with E-state index >= 15 is 0 Å². The second-order valence-electron chi connectivity index (χ2n) is 7.45. The van der Waals surface area contributed by atoms with Gasteiger partial charge in [0, 0.05) is 25.7 Å². The van der Waals surface area contributed by atoms with Crippen molar-refractivity contribution in [2.75, 3.05) is 44.7 Å². The first-order valence-corrected chi connectivity index (χ1v) is 9.17. The second kappa shape index (κ2) is 6.63. The highest BCUT2D eigenvalue weighted by atomic mass is 16.5. The first-order valence-electron chi connectivity index (χ1n) is 9.17. The van der Waals surface area contributed by atoms with Crippen LogP contribution in [0.1, 0.15) is 32.1 Å². The molecule has 3 fully saturated rings. The highest BCUT2D eigenvalue weighted by Gasteiger charge is 2.41. The molecule has 1 aromatic heterocycles. The molecule has 1 aromatic rings. The molecule has 3 aliphatic rings. The molecule has 0 N–H and O–H groups in total. The smallest absolute Gasteiger partial charge is 0.218 e. The quantitative estimate of drug-likeness (QED) is 0.853. The van der Waals surface area contributed by atoms with Gasteiger partial charge in [0.05, 0.1) is 7.11 Å². The van der Waals surface area contributed by atoms with Crippen LogP contribution in [0.3, 0.4) is 0 Å². The maximum Gasteiger partial charge on any atom is 0.218 e. The van der Waals surface area contributed by atoms with E-state index in [1.54, 1.807) is 13.4 Å². The number of fused-ring (bicyclic) bond motifs is 1. The van der Waals surface area contributed by atoms with Gasteiger partial charge in [0.1, 0.15) is 12.1 Å². The van der Waals surface area contributed by atoms with Gasteiger partial charge in [-0.15, -0.1) is 0 Å². The standard InChI is InChI=1S/C18H28N4O/c1-23-18-9-17(19-13-20-18)22-11-15-6-4-5-14(16(15)12-22)10-21-7-2-3-8-21/h9,13-16H,2-8,10-12H2,1H3/t14-,15+,16+/m1/s1. The van der Waals surface area contributed by atoms with Gasteiger partial charge >= 0.3 is 0 Å². The fourth-order valence-electron chi connectivity index (χ4n) is 4.92. The fourth-order valence-corrected chi connectivity index (χ4v) is 4.92. The minimum Gasteiger partial charge on any atom is -0.481 e. The molecule has 4 rings (SSSR count). The van der Waals surface area contributed by atoms with E-state index in [2.05, 4.69) is 19.8 Å². The van der Waals surface area contributed by atoms with Crippen molar-refractivity contribution in [3.8, 4) is 5.88 Å². The summed E-state index contributed by atoms with van der Waals surface area (Å²) in [6.07, 6.45) is 8.62. The van der Waals surface area contributed by atoms with Crippen LogP contribution < -0.4 is 9.64 Å². The Labute approximate surface area is 139 Å². The van der Waals surface area contributed by atoms with Crippen LogP contribution >= 0.6 is 0 Å². The molecule has 0 radical (unpaired) electrons. The summed E-state index contributed by atoms with van der Waals surface area (Å²) in [5, 5.41) is 0. The number of nitrogens with zero attached hydrogens (tertiary/aromatic N) is 4. The number of hydrogen-bond acceptors (Lipinski definition) is 5. The van der Waals surface area contributed by atoms with Crippen molar-refractivity contribution in [1.29, 1.82) is 0 Å². The molecular formula is C18H28N4O. The van der Waals surface area contributed by atoms with Gasteiger partial charge < -0.3 is 14.5 Å². The summed E-state index contributed by atoms with van der Waals surface area (Å²) in [7, 11) is 1.67. The predicted octanol–water partition coefficient (Wildman–Crippen LogP) is 2.43. The number of hydrogen-bond donors (Lipinski definition) is 0. The van der Waals surface area contributed by atoms with Gasteiger partial charge in [-0.1, -0.05) is 6.42 Å². The van der Waals surface area contributed by atoms with Crippen LogP contribution in [-0.2, 0) is 0 Å². The summed E-state index contributed by atoms with van der Waals surface area (Å²) in [4.78, 5) is 13.8. The molecule has 0 spiro atoms. The third-order valence-electron chi connectivity index (χ3n) is 6.10. The average Bonchev–Trinajstić information content (AvgIpc) is 3.24. The normalized spacial score (nSPS) is 31.3. The second-order valence-corrected chi connectivity index (χ2v) is 7.45. The van der Waals surface area contributed by atoms with Crippen LogP contribution in [-0.4, -0.2) is 54.7 Å². The largest absolute Gasteiger partial charge is 0.481 e. The van der Waals surface area contributed by atoms with Gasteiger partial charge in [-0.05, 0) is 56.5 Å². The van der Waals surface area contributed by atoms with Crippen molar-refractivity contribution in [2.45, 2.75) is 32.1 Å². The lowest BCUT2D eigenvalue weighted by Crippen LogP contribution is -2.36. The van der Waals surface area contributed by atoms with Crippen molar-refractivity contribution in [2.24, 2.45) is 17.8 Å². The van der Waals surface area contributed by atoms with Crippen LogP contribution in [0.5, 0.6) is 5.88 Å². The van der Waals surface area contributed by atoms with Gasteiger partial charge in [0.25, 0.3) is 0 Å². The maximum absolute atomic E-state index is 5.26. The van der Waals surface area contributed by atoms with Gasteiger partial charge in [-0.2, -0.15) is 0 Å². The van der Waals surface area contributed by atoms with Gasteiger partial charge in [-0.25, -0.2) is 9.97 Å². The molecule has 5 nitrogen and oxygen atoms in total. The Bertz CT molecular complexity index is 532. The van der Waals surface area contributed by atoms with Crippen molar-refractivity contribution in [1.82, 2.24) is 14.9 Å². The molecular weight excluding hydrogens is 288 g/mol. The third kappa shape index (κ3) is 3.16. The molecule has 0 unspecified atom stereocenters. The summed E-state index contributed by atoms with van der Waals surface area (Å²) < 4.78 is 5.26. The minimum atomic E-state index is 0.665. The van der Waals surface area contributed by atoms with Gasteiger partial charge in [0.15, 0.2) is 0 Å². The molecule has 2 aliphatic heterocycles. The van der Waals surface area contributed by atoms with Crippen LogP contribution in [0, 0.1) is 17.8 Å². The molecule has 126 valence electrons. The number of anilines is 1. The first-order chi connectivity index (χ1) is 11.3. The fraction of sp³-hybridized carbons (Fsp3) is 0.778. The molecule has 3 atom stereocenters. The average molecular weight is 316 g/mol. The molecule has 23 heavy (non-hydrogen) atoms. The van der Waals surface area contributed by atoms with E-state index in [4.69, 9.17) is 4.74 Å². The lowest BCUT2D eigenvalue weighted by Gasteiger charge is -2.35. The molecule has 2 saturated heterocycles. The van der Waals surface area contributed by atoms with Gasteiger partial charge in [0.2, 0.25) is 5.88 Å². The summed E-state index contributed by atoms with van der Waals surface area (Å²) in [6.45, 7) is 6.27. The number of ether oxygens (including phenoxy) is 1. The molecule has 0 bridgehead atoms. The Kier molecular flexibility index (Phi) is 4.38. The molecule has 5 heteroatoms. The van der Waals surface area contributed by atoms with Crippen LogP contribution in [0.25, 0.3) is 0 Å². The summed E-state index contributed by atoms with van der Waals surface area (Å²) in [5.74, 6) is 4.26. The summed E-state index contributed by atoms with van der Waals surface area (Å²) >= 11 is 0. The van der Waals surface area contributed by atoms with Crippen molar-refractivity contribution in [3.05, 3.63) is 12.4 Å². The Hall–Kier alpha value is -1.36. The lowest BCUT2D eigenvalue weighted by atomic mass is 9.73. The number of methoxy groups -OCH3 is 1. The van der Waals surface area contributed by atoms with E-state index < -0.39 is 0 Å². The van der Waals surface area contributed by atoms with Crippen molar-refractivity contribution >= 4 is 5.82 Å². The summed E-state index contributed by atoms with van der Waals surface area (Å²) in [5.41, 5.74) is 0. The molecule has 1 aliphatic carbocycles. The zero-order chi connectivity index (χ0) is 15.6. The highest BCUT2D eigenvalue weighted by Crippen LogP contribution is 2.42. The third-order valence-corrected chi connectivity index (χ3v) is 6.10. The summed E-state index contributed by atoms with van der Waals surface area (Å²) in [6, 6.07) is 1.98. The highest BCUT2D eigenvalue weighted by molar-refractivity contribution is 5.42. The zero-order valence-corrected chi connectivity index (χ0v) is 14.2. The Morgan fingerprint density at radius 1 is 1.13 bits per heavy atom. The Balaban J connectivity index is 1.45. The molecule has 0 amide bonds. The van der Waals surface area contributed by atoms with Gasteiger partial charge in [-0.3, -0.25) is 0 Å². The van der Waals surface area contributed by atoms with E-state index in [1.807, 2.05) is 6.07 Å². The predicted molar refractivity (Wildman–Crippen MR) is 90.8 cm³/mol. The van der Waals surface area contributed by atoms with Crippen LogP contribution in [0.2, 0.25) is 0 Å². The monoisotopic (exact) mass is 316 g/mol. The van der Waals surface area contributed by atoms with E-state index in [0.717, 1.165) is 36.7 Å². The van der Waals surface area contributed by atoms with Crippen LogP contribution in [0.15, 0.2) is 12.4 Å². The number of rotatable bonds is 4. The van der Waals surface area contributed by atoms with Crippen LogP contribution in [0.4, 0.5) is 5.82 Å². The SMILES string of the molecule is COc1cc(N2C[C@@H]3CCC[C@H](CN4CCCC4)[C@@H]3C2)ncn1. The molecule has 0 aromatic carbocycles.